The SMILES string of the molecule is CCc1cccc(NC(=N)N(C)c2cc(Cl)ccc2Cl)c1. The number of anilines is 2. The predicted molar refractivity (Wildman–Crippen MR) is 92.0 cm³/mol. The lowest BCUT2D eigenvalue weighted by molar-refractivity contribution is 1.14. The highest BCUT2D eigenvalue weighted by molar-refractivity contribution is 6.36. The van der Waals surface area contributed by atoms with Gasteiger partial charge in [0.25, 0.3) is 0 Å². The van der Waals surface area contributed by atoms with Crippen LogP contribution in [-0.2, 0) is 6.42 Å². The van der Waals surface area contributed by atoms with E-state index in [4.69, 9.17) is 28.6 Å². The Hall–Kier alpha value is -1.71. The van der Waals surface area contributed by atoms with E-state index in [1.165, 1.54) is 5.56 Å². The zero-order chi connectivity index (χ0) is 15.4. The number of benzene rings is 2. The number of hydrogen-bond acceptors (Lipinski definition) is 1. The normalized spacial score (nSPS) is 10.3. The van der Waals surface area contributed by atoms with Crippen molar-refractivity contribution < 1.29 is 0 Å². The molecule has 0 aromatic heterocycles. The van der Waals surface area contributed by atoms with Crippen molar-refractivity contribution in [3.63, 3.8) is 0 Å². The Kier molecular flexibility index (Phi) is 5.10. The van der Waals surface area contributed by atoms with Crippen molar-refractivity contribution in [2.24, 2.45) is 0 Å². The monoisotopic (exact) mass is 321 g/mol. The van der Waals surface area contributed by atoms with E-state index in [-0.39, 0.29) is 5.96 Å². The van der Waals surface area contributed by atoms with Gasteiger partial charge in [-0.25, -0.2) is 0 Å². The van der Waals surface area contributed by atoms with Crippen molar-refractivity contribution in [2.45, 2.75) is 13.3 Å². The fourth-order valence-electron chi connectivity index (χ4n) is 1.95. The molecule has 0 radical (unpaired) electrons. The maximum atomic E-state index is 8.18. The van der Waals surface area contributed by atoms with Gasteiger partial charge in [-0.2, -0.15) is 0 Å². The molecule has 5 heteroatoms. The van der Waals surface area contributed by atoms with Crippen LogP contribution >= 0.6 is 23.2 Å². The van der Waals surface area contributed by atoms with Crippen LogP contribution < -0.4 is 10.2 Å². The fraction of sp³-hybridized carbons (Fsp3) is 0.188. The first-order chi connectivity index (χ1) is 10.0. The van der Waals surface area contributed by atoms with Gasteiger partial charge >= 0.3 is 0 Å². The molecule has 0 unspecified atom stereocenters. The molecule has 2 aromatic carbocycles. The van der Waals surface area contributed by atoms with Crippen LogP contribution in [0.15, 0.2) is 42.5 Å². The number of nitrogens with one attached hydrogen (secondary N) is 2. The first kappa shape index (κ1) is 15.7. The Labute approximate surface area is 135 Å². The number of guanidine groups is 1. The first-order valence-electron chi connectivity index (χ1n) is 6.64. The van der Waals surface area contributed by atoms with E-state index in [0.717, 1.165) is 12.1 Å². The predicted octanol–water partition coefficient (Wildman–Crippen LogP) is 5.04. The Morgan fingerprint density at radius 1 is 1.19 bits per heavy atom. The van der Waals surface area contributed by atoms with Crippen LogP contribution in [0, 0.1) is 5.41 Å². The summed E-state index contributed by atoms with van der Waals surface area (Å²) < 4.78 is 0. The number of hydrogen-bond donors (Lipinski definition) is 2. The number of aryl methyl sites for hydroxylation is 1. The summed E-state index contributed by atoms with van der Waals surface area (Å²) in [6.07, 6.45) is 0.957. The summed E-state index contributed by atoms with van der Waals surface area (Å²) in [6, 6.07) is 13.2. The lowest BCUT2D eigenvalue weighted by Crippen LogP contribution is -2.32. The van der Waals surface area contributed by atoms with Crippen LogP contribution in [0.1, 0.15) is 12.5 Å². The minimum atomic E-state index is 0.229. The van der Waals surface area contributed by atoms with E-state index < -0.39 is 0 Å². The Morgan fingerprint density at radius 3 is 2.67 bits per heavy atom. The Balaban J connectivity index is 2.17. The lowest BCUT2D eigenvalue weighted by Gasteiger charge is -2.22. The number of halogens is 2. The maximum absolute atomic E-state index is 8.18. The number of rotatable bonds is 3. The average Bonchev–Trinajstić information content (AvgIpc) is 2.49. The fourth-order valence-corrected chi connectivity index (χ4v) is 2.36. The summed E-state index contributed by atoms with van der Waals surface area (Å²) >= 11 is 12.2. The Morgan fingerprint density at radius 2 is 1.95 bits per heavy atom. The highest BCUT2D eigenvalue weighted by Gasteiger charge is 2.11. The molecule has 0 aliphatic rings. The van der Waals surface area contributed by atoms with Gasteiger partial charge < -0.3 is 10.2 Å². The molecule has 2 aromatic rings. The van der Waals surface area contributed by atoms with E-state index in [1.807, 2.05) is 18.2 Å². The second kappa shape index (κ2) is 6.83. The van der Waals surface area contributed by atoms with Crippen LogP contribution in [0.25, 0.3) is 0 Å². The quantitative estimate of drug-likeness (QED) is 0.614. The van der Waals surface area contributed by atoms with Gasteiger partial charge in [-0.05, 0) is 42.3 Å². The van der Waals surface area contributed by atoms with Crippen molar-refractivity contribution in [3.8, 4) is 0 Å². The highest BCUT2D eigenvalue weighted by Crippen LogP contribution is 2.28. The molecule has 3 nitrogen and oxygen atoms in total. The highest BCUT2D eigenvalue weighted by atomic mass is 35.5. The molecular weight excluding hydrogens is 305 g/mol. The second-order valence-corrected chi connectivity index (χ2v) is 5.53. The van der Waals surface area contributed by atoms with Gasteiger partial charge in [-0.3, -0.25) is 5.41 Å². The summed E-state index contributed by atoms with van der Waals surface area (Å²) in [4.78, 5) is 1.66. The van der Waals surface area contributed by atoms with E-state index >= 15 is 0 Å². The van der Waals surface area contributed by atoms with Crippen molar-refractivity contribution in [1.29, 1.82) is 5.41 Å². The molecule has 0 atom stereocenters. The van der Waals surface area contributed by atoms with Crippen molar-refractivity contribution in [1.82, 2.24) is 0 Å². The van der Waals surface area contributed by atoms with E-state index in [1.54, 1.807) is 30.1 Å². The standard InChI is InChI=1S/C16H17Cl2N3/c1-3-11-5-4-6-13(9-11)20-16(19)21(2)15-10-12(17)7-8-14(15)18/h4-10H,3H2,1-2H3,(H2,19,20). The molecule has 0 bridgehead atoms. The van der Waals surface area contributed by atoms with E-state index in [9.17, 15) is 0 Å². The average molecular weight is 322 g/mol. The molecule has 0 fully saturated rings. The van der Waals surface area contributed by atoms with Crippen molar-refractivity contribution in [3.05, 3.63) is 58.1 Å². The summed E-state index contributed by atoms with van der Waals surface area (Å²) in [6.45, 7) is 2.10. The molecule has 0 aliphatic heterocycles. The van der Waals surface area contributed by atoms with Gasteiger partial charge in [0.2, 0.25) is 0 Å². The molecular formula is C16H17Cl2N3. The summed E-state index contributed by atoms with van der Waals surface area (Å²) in [7, 11) is 1.77. The molecule has 0 heterocycles. The zero-order valence-corrected chi connectivity index (χ0v) is 13.5. The molecule has 0 spiro atoms. The van der Waals surface area contributed by atoms with Gasteiger partial charge in [0.1, 0.15) is 0 Å². The molecule has 0 amide bonds. The largest absolute Gasteiger partial charge is 0.326 e. The van der Waals surface area contributed by atoms with Crippen molar-refractivity contribution >= 4 is 40.5 Å². The second-order valence-electron chi connectivity index (χ2n) is 4.68. The molecule has 0 saturated heterocycles. The first-order valence-corrected chi connectivity index (χ1v) is 7.40. The molecule has 2 N–H and O–H groups in total. The summed E-state index contributed by atoms with van der Waals surface area (Å²) in [5, 5.41) is 12.4. The Bertz CT molecular complexity index is 656. The minimum Gasteiger partial charge on any atom is -0.326 e. The van der Waals surface area contributed by atoms with Gasteiger partial charge in [0.15, 0.2) is 5.96 Å². The number of nitrogens with zero attached hydrogens (tertiary/aromatic N) is 1. The van der Waals surface area contributed by atoms with Crippen LogP contribution in [0.4, 0.5) is 11.4 Å². The van der Waals surface area contributed by atoms with Gasteiger partial charge in [-0.1, -0.05) is 42.3 Å². The molecule has 110 valence electrons. The molecule has 0 aliphatic carbocycles. The van der Waals surface area contributed by atoms with Crippen LogP contribution in [0.2, 0.25) is 10.0 Å². The van der Waals surface area contributed by atoms with Gasteiger partial charge in [0, 0.05) is 17.8 Å². The van der Waals surface area contributed by atoms with Crippen molar-refractivity contribution in [2.75, 3.05) is 17.3 Å². The third kappa shape index (κ3) is 3.90. The van der Waals surface area contributed by atoms with Crippen LogP contribution in [0.5, 0.6) is 0 Å². The smallest absolute Gasteiger partial charge is 0.199 e. The van der Waals surface area contributed by atoms with Gasteiger partial charge in [0.05, 0.1) is 10.7 Å². The minimum absolute atomic E-state index is 0.229. The van der Waals surface area contributed by atoms with E-state index in [0.29, 0.717) is 15.7 Å². The molecule has 0 saturated carbocycles. The maximum Gasteiger partial charge on any atom is 0.199 e. The van der Waals surface area contributed by atoms with Crippen LogP contribution in [-0.4, -0.2) is 13.0 Å². The summed E-state index contributed by atoms with van der Waals surface area (Å²) in [5.74, 6) is 0.229. The molecule has 21 heavy (non-hydrogen) atoms. The lowest BCUT2D eigenvalue weighted by atomic mass is 10.1. The van der Waals surface area contributed by atoms with E-state index in [2.05, 4.69) is 18.3 Å². The molecule has 2 rings (SSSR count). The van der Waals surface area contributed by atoms with Gasteiger partial charge in [-0.15, -0.1) is 0 Å². The topological polar surface area (TPSA) is 39.1 Å². The third-order valence-electron chi connectivity index (χ3n) is 3.20. The summed E-state index contributed by atoms with van der Waals surface area (Å²) in [5.41, 5.74) is 2.79. The zero-order valence-electron chi connectivity index (χ0n) is 12.0. The van der Waals surface area contributed by atoms with Crippen LogP contribution in [0.3, 0.4) is 0 Å². The third-order valence-corrected chi connectivity index (χ3v) is 3.76.